The molecule has 0 spiro atoms. The zero-order chi connectivity index (χ0) is 22.0. The summed E-state index contributed by atoms with van der Waals surface area (Å²) in [5.74, 6) is 0.482. The Labute approximate surface area is 180 Å². The van der Waals surface area contributed by atoms with E-state index in [-0.39, 0.29) is 12.5 Å². The second-order valence-electron chi connectivity index (χ2n) is 8.11. The molecule has 0 unspecified atom stereocenters. The van der Waals surface area contributed by atoms with E-state index in [0.29, 0.717) is 49.0 Å². The van der Waals surface area contributed by atoms with Crippen molar-refractivity contribution in [1.82, 2.24) is 0 Å². The first kappa shape index (κ1) is 24.2. The van der Waals surface area contributed by atoms with Crippen LogP contribution in [0.3, 0.4) is 0 Å². The molecule has 2 rings (SSSR count). The molecule has 1 aromatic carbocycles. The van der Waals surface area contributed by atoms with Crippen LogP contribution in [-0.2, 0) is 14.3 Å². The summed E-state index contributed by atoms with van der Waals surface area (Å²) >= 11 is 0. The molecule has 6 heteroatoms. The lowest BCUT2D eigenvalue weighted by Gasteiger charge is -2.38. The number of nitrogens with one attached hydrogen (secondary N) is 1. The van der Waals surface area contributed by atoms with Crippen LogP contribution in [0.15, 0.2) is 18.2 Å². The lowest BCUT2D eigenvalue weighted by Crippen LogP contribution is -2.48. The van der Waals surface area contributed by atoms with Crippen molar-refractivity contribution in [2.45, 2.75) is 78.2 Å². The van der Waals surface area contributed by atoms with Crippen LogP contribution in [0, 0.1) is 5.92 Å². The van der Waals surface area contributed by atoms with E-state index in [1.807, 2.05) is 6.92 Å². The summed E-state index contributed by atoms with van der Waals surface area (Å²) < 4.78 is 17.0. The van der Waals surface area contributed by atoms with Crippen LogP contribution < -0.4 is 10.1 Å². The molecule has 0 atom stereocenters. The average molecular weight is 420 g/mol. The summed E-state index contributed by atoms with van der Waals surface area (Å²) in [7, 11) is 0. The molecule has 6 nitrogen and oxygen atoms in total. The van der Waals surface area contributed by atoms with Gasteiger partial charge in [0, 0.05) is 12.3 Å². The number of hydrogen-bond acceptors (Lipinski definition) is 5. The molecule has 0 aliphatic heterocycles. The van der Waals surface area contributed by atoms with Crippen LogP contribution in [0.25, 0.3) is 0 Å². The highest BCUT2D eigenvalue weighted by Gasteiger charge is 2.42. The van der Waals surface area contributed by atoms with Gasteiger partial charge in [-0.3, -0.25) is 4.79 Å². The summed E-state index contributed by atoms with van der Waals surface area (Å²) in [4.78, 5) is 25.7. The Morgan fingerprint density at radius 3 is 2.47 bits per heavy atom. The number of ether oxygens (including phenoxy) is 3. The summed E-state index contributed by atoms with van der Waals surface area (Å²) in [6.07, 6.45) is 6.12. The molecule has 1 saturated carbocycles. The highest BCUT2D eigenvalue weighted by Crippen LogP contribution is 2.36. The van der Waals surface area contributed by atoms with E-state index in [2.05, 4.69) is 19.2 Å². The Kier molecular flexibility index (Phi) is 9.63. The first-order valence-corrected chi connectivity index (χ1v) is 11.3. The standard InChI is InChI=1S/C24H37NO5/c1-5-8-16-29-21-10-9-19(17-20(21)22(26)28-7-3)25-23(27)24(30-15-6-2)13-11-18(4)12-14-24/h9-10,17-18H,5-8,11-16H2,1-4H3,(H,25,27). The van der Waals surface area contributed by atoms with Gasteiger partial charge in [0.05, 0.1) is 13.2 Å². The lowest BCUT2D eigenvalue weighted by molar-refractivity contribution is -0.147. The molecule has 0 bridgehead atoms. The molecule has 0 heterocycles. The van der Waals surface area contributed by atoms with Gasteiger partial charge in [0.1, 0.15) is 16.9 Å². The SMILES string of the molecule is CCCCOc1ccc(NC(=O)C2(OCCC)CCC(C)CC2)cc1C(=O)OCC. The van der Waals surface area contributed by atoms with Crippen molar-refractivity contribution in [2.24, 2.45) is 5.92 Å². The second kappa shape index (κ2) is 11.9. The normalized spacial score (nSPS) is 21.1. The zero-order valence-corrected chi connectivity index (χ0v) is 18.9. The Morgan fingerprint density at radius 1 is 1.10 bits per heavy atom. The smallest absolute Gasteiger partial charge is 0.341 e. The number of esters is 1. The van der Waals surface area contributed by atoms with Gasteiger partial charge in [-0.2, -0.15) is 0 Å². The van der Waals surface area contributed by atoms with E-state index in [4.69, 9.17) is 14.2 Å². The van der Waals surface area contributed by atoms with Crippen molar-refractivity contribution in [2.75, 3.05) is 25.1 Å². The predicted molar refractivity (Wildman–Crippen MR) is 118 cm³/mol. The third-order valence-corrected chi connectivity index (χ3v) is 5.57. The summed E-state index contributed by atoms with van der Waals surface area (Å²) in [6.45, 7) is 9.46. The molecule has 0 saturated heterocycles. The largest absolute Gasteiger partial charge is 0.493 e. The van der Waals surface area contributed by atoms with Crippen LogP contribution in [0.2, 0.25) is 0 Å². The van der Waals surface area contributed by atoms with E-state index in [9.17, 15) is 9.59 Å². The van der Waals surface area contributed by atoms with Gasteiger partial charge in [0.25, 0.3) is 5.91 Å². The molecule has 1 amide bonds. The minimum absolute atomic E-state index is 0.141. The van der Waals surface area contributed by atoms with Crippen molar-refractivity contribution in [3.63, 3.8) is 0 Å². The molecule has 1 N–H and O–H groups in total. The minimum atomic E-state index is -0.803. The lowest BCUT2D eigenvalue weighted by atomic mass is 9.78. The Morgan fingerprint density at radius 2 is 1.83 bits per heavy atom. The number of carbonyl (C=O) groups excluding carboxylic acids is 2. The van der Waals surface area contributed by atoms with Crippen LogP contribution in [0.5, 0.6) is 5.75 Å². The number of rotatable bonds is 11. The van der Waals surface area contributed by atoms with Crippen molar-refractivity contribution >= 4 is 17.6 Å². The minimum Gasteiger partial charge on any atom is -0.493 e. The molecule has 0 radical (unpaired) electrons. The quantitative estimate of drug-likeness (QED) is 0.386. The summed E-state index contributed by atoms with van der Waals surface area (Å²) in [6, 6.07) is 5.12. The summed E-state index contributed by atoms with van der Waals surface area (Å²) in [5, 5.41) is 2.98. The van der Waals surface area contributed by atoms with Gasteiger partial charge in [0.15, 0.2) is 0 Å². The maximum atomic E-state index is 13.2. The van der Waals surface area contributed by atoms with Crippen molar-refractivity contribution < 1.29 is 23.8 Å². The molecule has 30 heavy (non-hydrogen) atoms. The third kappa shape index (κ3) is 6.46. The number of amides is 1. The second-order valence-corrected chi connectivity index (χ2v) is 8.11. The maximum Gasteiger partial charge on any atom is 0.341 e. The molecular formula is C24H37NO5. The van der Waals surface area contributed by atoms with Gasteiger partial charge in [-0.15, -0.1) is 0 Å². The van der Waals surface area contributed by atoms with Crippen LogP contribution >= 0.6 is 0 Å². The van der Waals surface area contributed by atoms with E-state index in [0.717, 1.165) is 32.1 Å². The van der Waals surface area contributed by atoms with Gasteiger partial charge >= 0.3 is 5.97 Å². The Hall–Kier alpha value is -2.08. The first-order valence-electron chi connectivity index (χ1n) is 11.3. The third-order valence-electron chi connectivity index (χ3n) is 5.57. The van der Waals surface area contributed by atoms with E-state index >= 15 is 0 Å². The Balaban J connectivity index is 2.21. The fraction of sp³-hybridized carbons (Fsp3) is 0.667. The molecule has 1 aliphatic carbocycles. The van der Waals surface area contributed by atoms with Crippen LogP contribution in [-0.4, -0.2) is 37.3 Å². The average Bonchev–Trinajstić information content (AvgIpc) is 2.74. The number of anilines is 1. The molecular weight excluding hydrogens is 382 g/mol. The van der Waals surface area contributed by atoms with Crippen LogP contribution in [0.1, 0.15) is 83.0 Å². The van der Waals surface area contributed by atoms with Gasteiger partial charge in [-0.05, 0) is 69.6 Å². The molecule has 0 aromatic heterocycles. The van der Waals surface area contributed by atoms with Crippen LogP contribution in [0.4, 0.5) is 5.69 Å². The molecule has 1 aliphatic rings. The topological polar surface area (TPSA) is 73.9 Å². The number of carbonyl (C=O) groups is 2. The van der Waals surface area contributed by atoms with Crippen molar-refractivity contribution in [3.8, 4) is 5.75 Å². The fourth-order valence-corrected chi connectivity index (χ4v) is 3.64. The summed E-state index contributed by atoms with van der Waals surface area (Å²) in [5.41, 5.74) is 0.0682. The van der Waals surface area contributed by atoms with E-state index in [1.165, 1.54) is 0 Å². The number of hydrogen-bond donors (Lipinski definition) is 1. The van der Waals surface area contributed by atoms with E-state index < -0.39 is 11.6 Å². The monoisotopic (exact) mass is 419 g/mol. The first-order chi connectivity index (χ1) is 14.5. The van der Waals surface area contributed by atoms with Gasteiger partial charge < -0.3 is 19.5 Å². The highest BCUT2D eigenvalue weighted by atomic mass is 16.5. The number of benzene rings is 1. The maximum absolute atomic E-state index is 13.2. The predicted octanol–water partition coefficient (Wildman–Crippen LogP) is 5.36. The number of unbranched alkanes of at least 4 members (excludes halogenated alkanes) is 1. The van der Waals surface area contributed by atoms with Gasteiger partial charge in [0.2, 0.25) is 0 Å². The molecule has 1 aromatic rings. The van der Waals surface area contributed by atoms with Gasteiger partial charge in [-0.25, -0.2) is 4.79 Å². The van der Waals surface area contributed by atoms with Crippen molar-refractivity contribution in [3.05, 3.63) is 23.8 Å². The van der Waals surface area contributed by atoms with Gasteiger partial charge in [-0.1, -0.05) is 27.2 Å². The van der Waals surface area contributed by atoms with E-state index in [1.54, 1.807) is 25.1 Å². The Bertz CT molecular complexity index is 689. The molecule has 168 valence electrons. The van der Waals surface area contributed by atoms with Crippen molar-refractivity contribution in [1.29, 1.82) is 0 Å². The highest BCUT2D eigenvalue weighted by molar-refractivity contribution is 5.99. The molecule has 1 fully saturated rings. The zero-order valence-electron chi connectivity index (χ0n) is 18.9. The fourth-order valence-electron chi connectivity index (χ4n) is 3.64.